The number of alkyl halides is 2. The number of rotatable bonds is 5. The normalized spacial score (nSPS) is 12.5. The van der Waals surface area contributed by atoms with E-state index < -0.39 is 30.0 Å². The Balaban J connectivity index is 2.06. The summed E-state index contributed by atoms with van der Waals surface area (Å²) in [5.41, 5.74) is 6.23. The molecule has 0 radical (unpaired) electrons. The third kappa shape index (κ3) is 3.45. The maximum absolute atomic E-state index is 13.0. The smallest absolute Gasteiger partial charge is 0.280 e. The number of hydrogen-bond acceptors (Lipinski definition) is 5. The van der Waals surface area contributed by atoms with Gasteiger partial charge in [0.25, 0.3) is 12.3 Å². The van der Waals surface area contributed by atoms with Crippen LogP contribution in [0.1, 0.15) is 46.0 Å². The molecule has 0 fully saturated rings. The second-order valence-electron chi connectivity index (χ2n) is 6.20. The average molecular weight is 428 g/mol. The zero-order valence-electron chi connectivity index (χ0n) is 15.1. The largest absolute Gasteiger partial charge is 0.365 e. The number of aryl methyl sites for hydroxylation is 1. The molecule has 0 aliphatic rings. The van der Waals surface area contributed by atoms with Crippen molar-refractivity contribution in [2.45, 2.75) is 33.2 Å². The third-order valence-corrected chi connectivity index (χ3v) is 5.77. The van der Waals surface area contributed by atoms with Gasteiger partial charge in [0.1, 0.15) is 21.4 Å². The summed E-state index contributed by atoms with van der Waals surface area (Å²) in [7, 11) is 0. The van der Waals surface area contributed by atoms with Crippen LogP contribution in [0.15, 0.2) is 12.3 Å². The number of nitrogens with two attached hydrogens (primary N) is 1. The maximum atomic E-state index is 13.0. The molecule has 3 N–H and O–H groups in total. The second kappa shape index (κ2) is 7.44. The summed E-state index contributed by atoms with van der Waals surface area (Å²) in [5, 5.41) is 7.57. The van der Waals surface area contributed by atoms with Gasteiger partial charge in [-0.15, -0.1) is 11.3 Å². The molecular weight excluding hydrogens is 412 g/mol. The van der Waals surface area contributed by atoms with Gasteiger partial charge < -0.3 is 11.1 Å². The summed E-state index contributed by atoms with van der Waals surface area (Å²) in [6.07, 6.45) is -1.33. The molecule has 0 aromatic carbocycles. The van der Waals surface area contributed by atoms with Crippen LogP contribution in [-0.4, -0.2) is 26.6 Å². The van der Waals surface area contributed by atoms with E-state index in [-0.39, 0.29) is 15.4 Å². The lowest BCUT2D eigenvalue weighted by Gasteiger charge is -2.15. The van der Waals surface area contributed by atoms with E-state index in [4.69, 9.17) is 17.3 Å². The van der Waals surface area contributed by atoms with Gasteiger partial charge in [0.15, 0.2) is 0 Å². The van der Waals surface area contributed by atoms with Gasteiger partial charge >= 0.3 is 0 Å². The van der Waals surface area contributed by atoms with Crippen LogP contribution in [-0.2, 0) is 4.79 Å². The zero-order chi connectivity index (χ0) is 20.7. The molecule has 0 spiro atoms. The highest BCUT2D eigenvalue weighted by atomic mass is 35.5. The molecule has 2 amide bonds. The van der Waals surface area contributed by atoms with Crippen LogP contribution in [0.5, 0.6) is 0 Å². The summed E-state index contributed by atoms with van der Waals surface area (Å²) in [6, 6.07) is 0.484. The quantitative estimate of drug-likeness (QED) is 0.642. The predicted molar refractivity (Wildman–Crippen MR) is 103 cm³/mol. The Bertz CT molecular complexity index is 1100. The van der Waals surface area contributed by atoms with Crippen molar-refractivity contribution in [3.8, 4) is 0 Å². The van der Waals surface area contributed by atoms with E-state index in [1.165, 1.54) is 16.9 Å². The number of pyridine rings is 1. The van der Waals surface area contributed by atoms with Crippen LogP contribution >= 0.6 is 22.9 Å². The Morgan fingerprint density at radius 2 is 2.04 bits per heavy atom. The zero-order valence-corrected chi connectivity index (χ0v) is 16.7. The van der Waals surface area contributed by atoms with Crippen molar-refractivity contribution in [2.24, 2.45) is 5.73 Å². The minimum Gasteiger partial charge on any atom is -0.365 e. The molecule has 3 aromatic heterocycles. The Morgan fingerprint density at radius 1 is 1.36 bits per heavy atom. The van der Waals surface area contributed by atoms with E-state index in [0.29, 0.717) is 21.7 Å². The van der Waals surface area contributed by atoms with Gasteiger partial charge in [-0.25, -0.2) is 13.8 Å². The van der Waals surface area contributed by atoms with E-state index in [1.54, 1.807) is 20.8 Å². The van der Waals surface area contributed by atoms with E-state index in [1.807, 2.05) is 0 Å². The topological polar surface area (TPSA) is 103 Å². The summed E-state index contributed by atoms with van der Waals surface area (Å²) >= 11 is 6.84. The van der Waals surface area contributed by atoms with Crippen molar-refractivity contribution in [2.75, 3.05) is 5.32 Å². The number of amides is 2. The Morgan fingerprint density at radius 3 is 2.57 bits per heavy atom. The first-order chi connectivity index (χ1) is 13.1. The van der Waals surface area contributed by atoms with Crippen LogP contribution in [0.25, 0.3) is 10.2 Å². The summed E-state index contributed by atoms with van der Waals surface area (Å²) in [5.74, 6) is -1.26. The van der Waals surface area contributed by atoms with E-state index in [0.717, 1.165) is 11.3 Å². The standard InChI is InChI=1S/C17H16ClF2N5O2S/c1-6-4-10(14(19)20)23-17-11(6)12(13(28-17)15(21)26)24-16(27)8(3)25-7(2)9(18)5-22-25/h4-5,8,14H,1-3H3,(H2,21,26)(H,24,27). The number of nitrogens with zero attached hydrogens (tertiary/aromatic N) is 3. The van der Waals surface area contributed by atoms with Gasteiger partial charge in [0, 0.05) is 5.39 Å². The number of anilines is 1. The second-order valence-corrected chi connectivity index (χ2v) is 7.61. The number of nitrogens with one attached hydrogen (secondary N) is 1. The molecule has 3 aromatic rings. The SMILES string of the molecule is Cc1cc(C(F)F)nc2sc(C(N)=O)c(NC(=O)C(C)n3ncc(Cl)c3C)c12. The lowest BCUT2D eigenvalue weighted by Crippen LogP contribution is -2.26. The molecule has 1 unspecified atom stereocenters. The average Bonchev–Trinajstić information content (AvgIpc) is 3.15. The van der Waals surface area contributed by atoms with E-state index in [2.05, 4.69) is 15.4 Å². The maximum Gasteiger partial charge on any atom is 0.280 e. The van der Waals surface area contributed by atoms with Gasteiger partial charge in [-0.05, 0) is 32.4 Å². The van der Waals surface area contributed by atoms with Crippen LogP contribution in [0.3, 0.4) is 0 Å². The number of aromatic nitrogens is 3. The molecule has 3 rings (SSSR count). The predicted octanol–water partition coefficient (Wildman–Crippen LogP) is 4.00. The highest BCUT2D eigenvalue weighted by Gasteiger charge is 2.26. The van der Waals surface area contributed by atoms with Crippen molar-refractivity contribution < 1.29 is 18.4 Å². The van der Waals surface area contributed by atoms with Gasteiger partial charge in [-0.2, -0.15) is 5.10 Å². The van der Waals surface area contributed by atoms with Crippen molar-refractivity contribution in [3.05, 3.63) is 39.1 Å². The molecule has 0 saturated heterocycles. The molecule has 0 saturated carbocycles. The molecule has 11 heteroatoms. The van der Waals surface area contributed by atoms with E-state index in [9.17, 15) is 18.4 Å². The fourth-order valence-electron chi connectivity index (χ4n) is 2.84. The number of carbonyl (C=O) groups is 2. The lowest BCUT2D eigenvalue weighted by atomic mass is 10.1. The minimum atomic E-state index is -2.76. The molecule has 7 nitrogen and oxygen atoms in total. The summed E-state index contributed by atoms with van der Waals surface area (Å²) < 4.78 is 27.5. The first-order valence-electron chi connectivity index (χ1n) is 8.14. The summed E-state index contributed by atoms with van der Waals surface area (Å²) in [4.78, 5) is 28.8. The van der Waals surface area contributed by atoms with Crippen LogP contribution < -0.4 is 11.1 Å². The molecular formula is C17H16ClF2N5O2S. The number of fused-ring (bicyclic) bond motifs is 1. The molecule has 148 valence electrons. The number of primary amides is 1. The Labute approximate surface area is 167 Å². The molecule has 0 bridgehead atoms. The molecule has 3 heterocycles. The van der Waals surface area contributed by atoms with Crippen molar-refractivity contribution >= 4 is 50.7 Å². The number of carbonyl (C=O) groups excluding carboxylic acids is 2. The monoisotopic (exact) mass is 427 g/mol. The fourth-order valence-corrected chi connectivity index (χ4v) is 4.04. The highest BCUT2D eigenvalue weighted by molar-refractivity contribution is 7.21. The Hall–Kier alpha value is -2.59. The lowest BCUT2D eigenvalue weighted by molar-refractivity contribution is -0.119. The third-order valence-electron chi connectivity index (χ3n) is 4.31. The van der Waals surface area contributed by atoms with Crippen molar-refractivity contribution in [1.82, 2.24) is 14.8 Å². The van der Waals surface area contributed by atoms with Gasteiger partial charge in [-0.3, -0.25) is 14.3 Å². The van der Waals surface area contributed by atoms with Crippen LogP contribution in [0.2, 0.25) is 5.02 Å². The number of hydrogen-bond donors (Lipinski definition) is 2. The Kier molecular flexibility index (Phi) is 5.35. The first-order valence-corrected chi connectivity index (χ1v) is 9.33. The molecule has 0 aliphatic heterocycles. The summed E-state index contributed by atoms with van der Waals surface area (Å²) in [6.45, 7) is 4.93. The molecule has 1 atom stereocenters. The minimum absolute atomic E-state index is 0.0350. The van der Waals surface area contributed by atoms with Gasteiger partial charge in [0.05, 0.1) is 22.6 Å². The highest BCUT2D eigenvalue weighted by Crippen LogP contribution is 2.38. The van der Waals surface area contributed by atoms with Crippen molar-refractivity contribution in [1.29, 1.82) is 0 Å². The van der Waals surface area contributed by atoms with Crippen LogP contribution in [0.4, 0.5) is 14.5 Å². The number of thiophene rings is 1. The number of halogens is 3. The first kappa shape index (κ1) is 20.2. The van der Waals surface area contributed by atoms with Crippen molar-refractivity contribution in [3.63, 3.8) is 0 Å². The fraction of sp³-hybridized carbons (Fsp3) is 0.294. The molecule has 0 aliphatic carbocycles. The van der Waals surface area contributed by atoms with Crippen LogP contribution in [0, 0.1) is 13.8 Å². The van der Waals surface area contributed by atoms with E-state index >= 15 is 0 Å². The van der Waals surface area contributed by atoms with Gasteiger partial charge in [-0.1, -0.05) is 11.6 Å². The molecule has 28 heavy (non-hydrogen) atoms. The van der Waals surface area contributed by atoms with Gasteiger partial charge in [0.2, 0.25) is 5.91 Å².